The fourth-order valence-electron chi connectivity index (χ4n) is 2.14. The molecular formula is C17H25NO4. The molecule has 5 heteroatoms. The zero-order chi connectivity index (χ0) is 16.9. The summed E-state index contributed by atoms with van der Waals surface area (Å²) in [5, 5.41) is 11.7. The normalized spacial score (nSPS) is 12.6. The summed E-state index contributed by atoms with van der Waals surface area (Å²) >= 11 is 0. The number of aryl methyl sites for hydroxylation is 2. The minimum atomic E-state index is -0.952. The Labute approximate surface area is 131 Å². The number of aliphatic carboxylic acids is 1. The Balaban J connectivity index is 2.82. The summed E-state index contributed by atoms with van der Waals surface area (Å²) in [4.78, 5) is 22.9. The van der Waals surface area contributed by atoms with Gasteiger partial charge < -0.3 is 15.2 Å². The molecule has 1 rings (SSSR count). The van der Waals surface area contributed by atoms with Crippen LogP contribution in [0.3, 0.4) is 0 Å². The van der Waals surface area contributed by atoms with Crippen molar-refractivity contribution in [2.45, 2.75) is 59.1 Å². The first-order valence-corrected chi connectivity index (χ1v) is 7.34. The number of rotatable bonds is 5. The number of carbonyl (C=O) groups excluding carboxylic acids is 1. The lowest BCUT2D eigenvalue weighted by molar-refractivity contribution is -0.137. The van der Waals surface area contributed by atoms with Crippen molar-refractivity contribution < 1.29 is 19.4 Å². The first-order valence-electron chi connectivity index (χ1n) is 7.34. The molecular weight excluding hydrogens is 282 g/mol. The molecule has 1 aromatic rings. The quantitative estimate of drug-likeness (QED) is 0.876. The molecule has 1 unspecified atom stereocenters. The molecule has 0 aliphatic heterocycles. The summed E-state index contributed by atoms with van der Waals surface area (Å²) in [6.45, 7) is 9.26. The SMILES string of the molecule is Cc1ccc(C)c(CC(CC(=O)O)NC(=O)OC(C)(C)C)c1. The van der Waals surface area contributed by atoms with Gasteiger partial charge in [-0.2, -0.15) is 0 Å². The number of nitrogens with one attached hydrogen (secondary N) is 1. The molecule has 0 spiro atoms. The van der Waals surface area contributed by atoms with Crippen molar-refractivity contribution in [3.05, 3.63) is 34.9 Å². The van der Waals surface area contributed by atoms with Crippen LogP contribution in [0.4, 0.5) is 4.79 Å². The number of alkyl carbamates (subject to hydrolysis) is 1. The van der Waals surface area contributed by atoms with Crippen molar-refractivity contribution in [3.8, 4) is 0 Å². The van der Waals surface area contributed by atoms with E-state index in [9.17, 15) is 9.59 Å². The highest BCUT2D eigenvalue weighted by Gasteiger charge is 2.22. The molecule has 2 N–H and O–H groups in total. The molecule has 0 saturated heterocycles. The van der Waals surface area contributed by atoms with Crippen LogP contribution in [0.1, 0.15) is 43.9 Å². The van der Waals surface area contributed by atoms with Gasteiger partial charge in [0.15, 0.2) is 0 Å². The van der Waals surface area contributed by atoms with E-state index in [1.807, 2.05) is 32.0 Å². The van der Waals surface area contributed by atoms with Crippen molar-refractivity contribution in [2.24, 2.45) is 0 Å². The summed E-state index contributed by atoms with van der Waals surface area (Å²) in [7, 11) is 0. The van der Waals surface area contributed by atoms with Gasteiger partial charge in [-0.05, 0) is 52.2 Å². The molecule has 1 amide bonds. The number of carboxylic acid groups (broad SMARTS) is 1. The van der Waals surface area contributed by atoms with Gasteiger partial charge >= 0.3 is 12.1 Å². The predicted octanol–water partition coefficient (Wildman–Crippen LogP) is 3.21. The van der Waals surface area contributed by atoms with Crippen molar-refractivity contribution in [3.63, 3.8) is 0 Å². The Morgan fingerprint density at radius 2 is 1.91 bits per heavy atom. The second-order valence-electron chi connectivity index (χ2n) is 6.58. The van der Waals surface area contributed by atoms with Crippen molar-refractivity contribution >= 4 is 12.1 Å². The second-order valence-corrected chi connectivity index (χ2v) is 6.58. The second kappa shape index (κ2) is 7.29. The summed E-state index contributed by atoms with van der Waals surface area (Å²) < 4.78 is 5.20. The number of carboxylic acids is 1. The van der Waals surface area contributed by atoms with E-state index in [0.29, 0.717) is 6.42 Å². The molecule has 22 heavy (non-hydrogen) atoms. The number of hydrogen-bond acceptors (Lipinski definition) is 3. The van der Waals surface area contributed by atoms with Crippen molar-refractivity contribution in [2.75, 3.05) is 0 Å². The molecule has 0 fully saturated rings. The van der Waals surface area contributed by atoms with Gasteiger partial charge in [-0.25, -0.2) is 4.79 Å². The number of ether oxygens (including phenoxy) is 1. The van der Waals surface area contributed by atoms with E-state index in [1.54, 1.807) is 20.8 Å². The van der Waals surface area contributed by atoms with Crippen LogP contribution in [0.25, 0.3) is 0 Å². The summed E-state index contributed by atoms with van der Waals surface area (Å²) in [5.41, 5.74) is 2.60. The van der Waals surface area contributed by atoms with E-state index in [4.69, 9.17) is 9.84 Å². The first-order chi connectivity index (χ1) is 10.1. The third-order valence-corrected chi connectivity index (χ3v) is 3.11. The standard InChI is InChI=1S/C17H25NO4/c1-11-6-7-12(2)13(8-11)9-14(10-15(19)20)18-16(21)22-17(3,4)5/h6-8,14H,9-10H2,1-5H3,(H,18,21)(H,19,20). The predicted molar refractivity (Wildman–Crippen MR) is 85.0 cm³/mol. The third kappa shape index (κ3) is 6.61. The molecule has 0 aromatic heterocycles. The maximum atomic E-state index is 11.9. The average molecular weight is 307 g/mol. The molecule has 5 nitrogen and oxygen atoms in total. The van der Waals surface area contributed by atoms with Gasteiger partial charge in [0.05, 0.1) is 6.42 Å². The molecule has 122 valence electrons. The molecule has 1 aromatic carbocycles. The van der Waals surface area contributed by atoms with Crippen molar-refractivity contribution in [1.29, 1.82) is 0 Å². The Kier molecular flexibility index (Phi) is 5.97. The summed E-state index contributed by atoms with van der Waals surface area (Å²) in [6, 6.07) is 5.51. The summed E-state index contributed by atoms with van der Waals surface area (Å²) in [5.74, 6) is -0.952. The Morgan fingerprint density at radius 1 is 1.27 bits per heavy atom. The number of amides is 1. The minimum Gasteiger partial charge on any atom is -0.481 e. The highest BCUT2D eigenvalue weighted by Crippen LogP contribution is 2.15. The maximum Gasteiger partial charge on any atom is 0.407 e. The van der Waals surface area contributed by atoms with E-state index in [2.05, 4.69) is 5.32 Å². The van der Waals surface area contributed by atoms with Gasteiger partial charge in [0.2, 0.25) is 0 Å². The van der Waals surface area contributed by atoms with Crippen LogP contribution in [0, 0.1) is 13.8 Å². The zero-order valence-electron chi connectivity index (χ0n) is 13.9. The lowest BCUT2D eigenvalue weighted by Crippen LogP contribution is -2.41. The number of benzene rings is 1. The molecule has 1 atom stereocenters. The Morgan fingerprint density at radius 3 is 2.45 bits per heavy atom. The van der Waals surface area contributed by atoms with E-state index in [0.717, 1.165) is 16.7 Å². The van der Waals surface area contributed by atoms with E-state index < -0.39 is 23.7 Å². The molecule has 0 heterocycles. The van der Waals surface area contributed by atoms with Crippen LogP contribution in [0.2, 0.25) is 0 Å². The van der Waals surface area contributed by atoms with Crippen molar-refractivity contribution in [1.82, 2.24) is 5.32 Å². The van der Waals surface area contributed by atoms with Crippen LogP contribution >= 0.6 is 0 Å². The van der Waals surface area contributed by atoms with E-state index in [-0.39, 0.29) is 6.42 Å². The smallest absolute Gasteiger partial charge is 0.407 e. The largest absolute Gasteiger partial charge is 0.481 e. The molecule has 0 radical (unpaired) electrons. The van der Waals surface area contributed by atoms with Crippen LogP contribution in [0.15, 0.2) is 18.2 Å². The summed E-state index contributed by atoms with van der Waals surface area (Å²) in [6.07, 6.45) is -0.282. The Hall–Kier alpha value is -2.04. The van der Waals surface area contributed by atoms with Gasteiger partial charge in [-0.1, -0.05) is 23.8 Å². The van der Waals surface area contributed by atoms with Gasteiger partial charge in [-0.15, -0.1) is 0 Å². The van der Waals surface area contributed by atoms with Gasteiger partial charge in [0, 0.05) is 6.04 Å². The van der Waals surface area contributed by atoms with Crippen LogP contribution in [0.5, 0.6) is 0 Å². The maximum absolute atomic E-state index is 11.9. The van der Waals surface area contributed by atoms with Crippen LogP contribution < -0.4 is 5.32 Å². The lowest BCUT2D eigenvalue weighted by atomic mass is 9.97. The fourth-order valence-corrected chi connectivity index (χ4v) is 2.14. The third-order valence-electron chi connectivity index (χ3n) is 3.11. The number of carbonyl (C=O) groups is 2. The highest BCUT2D eigenvalue weighted by atomic mass is 16.6. The molecule has 0 saturated carbocycles. The van der Waals surface area contributed by atoms with Gasteiger partial charge in [-0.3, -0.25) is 4.79 Å². The molecule has 0 bridgehead atoms. The highest BCUT2D eigenvalue weighted by molar-refractivity contribution is 5.71. The Bertz CT molecular complexity index is 546. The monoisotopic (exact) mass is 307 g/mol. The minimum absolute atomic E-state index is 0.146. The zero-order valence-corrected chi connectivity index (χ0v) is 13.9. The van der Waals surface area contributed by atoms with E-state index in [1.165, 1.54) is 0 Å². The van der Waals surface area contributed by atoms with Gasteiger partial charge in [0.25, 0.3) is 0 Å². The molecule has 0 aliphatic carbocycles. The first kappa shape index (κ1) is 18.0. The number of hydrogen-bond donors (Lipinski definition) is 2. The van der Waals surface area contributed by atoms with Crippen LogP contribution in [-0.4, -0.2) is 28.8 Å². The average Bonchev–Trinajstić information content (AvgIpc) is 2.30. The fraction of sp³-hybridized carbons (Fsp3) is 0.529. The van der Waals surface area contributed by atoms with Gasteiger partial charge in [0.1, 0.15) is 5.60 Å². The lowest BCUT2D eigenvalue weighted by Gasteiger charge is -2.23. The topological polar surface area (TPSA) is 75.6 Å². The van der Waals surface area contributed by atoms with E-state index >= 15 is 0 Å². The van der Waals surface area contributed by atoms with Crippen LogP contribution in [-0.2, 0) is 16.0 Å². The molecule has 0 aliphatic rings.